The van der Waals surface area contributed by atoms with E-state index in [1.807, 2.05) is 12.1 Å². The Kier molecular flexibility index (Phi) is 2.32. The zero-order chi connectivity index (χ0) is 11.1. The lowest BCUT2D eigenvalue weighted by atomic mass is 10.0. The van der Waals surface area contributed by atoms with Gasteiger partial charge in [-0.1, -0.05) is 24.4 Å². The van der Waals surface area contributed by atoms with Crippen LogP contribution in [0.1, 0.15) is 37.3 Å². The Labute approximate surface area is 99.8 Å². The Bertz CT molecular complexity index is 485. The predicted molar refractivity (Wildman–Crippen MR) is 68.9 cm³/mol. The molecule has 1 aliphatic carbocycles. The summed E-state index contributed by atoms with van der Waals surface area (Å²) in [6, 6.07) is 6.09. The van der Waals surface area contributed by atoms with Crippen molar-refractivity contribution in [3.63, 3.8) is 0 Å². The summed E-state index contributed by atoms with van der Waals surface area (Å²) in [5, 5.41) is 1.80. The number of rotatable bonds is 1. The van der Waals surface area contributed by atoms with Crippen LogP contribution in [0.5, 0.6) is 0 Å². The van der Waals surface area contributed by atoms with Crippen molar-refractivity contribution >= 4 is 28.2 Å². The first-order valence-corrected chi connectivity index (χ1v) is 6.19. The Morgan fingerprint density at radius 3 is 2.69 bits per heavy atom. The molecule has 0 atom stereocenters. The van der Waals surface area contributed by atoms with Gasteiger partial charge in [-0.3, -0.25) is 0 Å². The number of nitrogens with two attached hydrogens (primary N) is 1. The van der Waals surface area contributed by atoms with E-state index in [0.29, 0.717) is 16.6 Å². The Morgan fingerprint density at radius 2 is 1.94 bits per heavy atom. The first-order valence-electron chi connectivity index (χ1n) is 5.81. The summed E-state index contributed by atoms with van der Waals surface area (Å²) in [5.74, 6) is 0.701. The van der Waals surface area contributed by atoms with Crippen LogP contribution in [0.25, 0.3) is 10.9 Å². The number of anilines is 1. The van der Waals surface area contributed by atoms with Gasteiger partial charge in [-0.2, -0.15) is 0 Å². The molecule has 1 heterocycles. The number of halogens is 1. The van der Waals surface area contributed by atoms with E-state index >= 15 is 0 Å². The molecule has 0 bridgehead atoms. The van der Waals surface area contributed by atoms with Crippen molar-refractivity contribution in [3.05, 3.63) is 28.9 Å². The molecule has 1 saturated carbocycles. The van der Waals surface area contributed by atoms with Crippen LogP contribution in [-0.2, 0) is 0 Å². The fourth-order valence-corrected chi connectivity index (χ4v) is 2.81. The fraction of sp³-hybridized carbons (Fsp3) is 0.385. The number of nitrogen functional groups attached to an aromatic ring is 1. The monoisotopic (exact) mass is 234 g/mol. The standard InChI is InChI=1S/C13H15ClN2/c14-10-7-13-9(5-11(10)15)6-12(16-13)8-3-1-2-4-8/h5-8,16H,1-4,15H2. The maximum atomic E-state index is 6.01. The molecule has 1 fully saturated rings. The molecule has 16 heavy (non-hydrogen) atoms. The topological polar surface area (TPSA) is 41.8 Å². The number of H-pyrrole nitrogens is 1. The summed E-state index contributed by atoms with van der Waals surface area (Å²) in [4.78, 5) is 3.47. The van der Waals surface area contributed by atoms with Gasteiger partial charge in [-0.15, -0.1) is 0 Å². The highest BCUT2D eigenvalue weighted by Gasteiger charge is 2.18. The van der Waals surface area contributed by atoms with E-state index in [9.17, 15) is 0 Å². The van der Waals surface area contributed by atoms with Crippen LogP contribution < -0.4 is 5.73 Å². The molecule has 2 aromatic rings. The van der Waals surface area contributed by atoms with Gasteiger partial charge in [0.15, 0.2) is 0 Å². The number of hydrogen-bond acceptors (Lipinski definition) is 1. The van der Waals surface area contributed by atoms with Crippen molar-refractivity contribution in [2.75, 3.05) is 5.73 Å². The molecule has 0 saturated heterocycles. The van der Waals surface area contributed by atoms with Crippen LogP contribution >= 0.6 is 11.6 Å². The fourth-order valence-electron chi connectivity index (χ4n) is 2.65. The molecule has 0 amide bonds. The molecule has 1 aromatic heterocycles. The molecule has 84 valence electrons. The van der Waals surface area contributed by atoms with E-state index in [4.69, 9.17) is 17.3 Å². The van der Waals surface area contributed by atoms with Crippen molar-refractivity contribution in [1.29, 1.82) is 0 Å². The number of aromatic nitrogens is 1. The van der Waals surface area contributed by atoms with Gasteiger partial charge in [-0.05, 0) is 37.0 Å². The number of hydrogen-bond donors (Lipinski definition) is 2. The average Bonchev–Trinajstić information content (AvgIpc) is 2.86. The first kappa shape index (κ1) is 10.0. The Balaban J connectivity index is 2.08. The van der Waals surface area contributed by atoms with Gasteiger partial charge < -0.3 is 10.7 Å². The van der Waals surface area contributed by atoms with E-state index in [1.54, 1.807) is 0 Å². The normalized spacial score (nSPS) is 17.3. The molecule has 0 aliphatic heterocycles. The third kappa shape index (κ3) is 1.57. The van der Waals surface area contributed by atoms with Gasteiger partial charge in [-0.25, -0.2) is 0 Å². The third-order valence-electron chi connectivity index (χ3n) is 3.55. The summed E-state index contributed by atoms with van der Waals surface area (Å²) in [6.45, 7) is 0. The van der Waals surface area contributed by atoms with Crippen LogP contribution in [0.15, 0.2) is 18.2 Å². The molecular formula is C13H15ClN2. The van der Waals surface area contributed by atoms with Crippen molar-refractivity contribution in [1.82, 2.24) is 4.98 Å². The lowest BCUT2D eigenvalue weighted by Gasteiger charge is -2.04. The molecule has 2 nitrogen and oxygen atoms in total. The van der Waals surface area contributed by atoms with Crippen LogP contribution in [-0.4, -0.2) is 4.98 Å². The van der Waals surface area contributed by atoms with E-state index in [0.717, 1.165) is 5.52 Å². The molecule has 3 heteroatoms. The highest BCUT2D eigenvalue weighted by atomic mass is 35.5. The molecule has 0 spiro atoms. The summed E-state index contributed by atoms with van der Waals surface area (Å²) in [7, 11) is 0. The van der Waals surface area contributed by atoms with Crippen molar-refractivity contribution in [2.45, 2.75) is 31.6 Å². The summed E-state index contributed by atoms with van der Waals surface area (Å²) < 4.78 is 0. The van der Waals surface area contributed by atoms with Crippen LogP contribution in [0.2, 0.25) is 5.02 Å². The second-order valence-corrected chi connectivity index (χ2v) is 5.07. The van der Waals surface area contributed by atoms with E-state index in [2.05, 4.69) is 11.1 Å². The zero-order valence-corrected chi connectivity index (χ0v) is 9.85. The maximum Gasteiger partial charge on any atom is 0.0656 e. The average molecular weight is 235 g/mol. The second-order valence-electron chi connectivity index (χ2n) is 4.67. The summed E-state index contributed by atoms with van der Waals surface area (Å²) >= 11 is 6.01. The maximum absolute atomic E-state index is 6.01. The number of aromatic amines is 1. The Hall–Kier alpha value is -1.15. The number of nitrogens with one attached hydrogen (secondary N) is 1. The number of fused-ring (bicyclic) bond motifs is 1. The minimum atomic E-state index is 0.632. The van der Waals surface area contributed by atoms with Gasteiger partial charge in [0, 0.05) is 16.6 Å². The van der Waals surface area contributed by atoms with Crippen LogP contribution in [0.4, 0.5) is 5.69 Å². The van der Waals surface area contributed by atoms with Crippen LogP contribution in [0.3, 0.4) is 0 Å². The largest absolute Gasteiger partial charge is 0.398 e. The molecule has 0 unspecified atom stereocenters. The van der Waals surface area contributed by atoms with Crippen molar-refractivity contribution < 1.29 is 0 Å². The number of benzene rings is 1. The highest BCUT2D eigenvalue weighted by molar-refractivity contribution is 6.33. The molecule has 0 radical (unpaired) electrons. The van der Waals surface area contributed by atoms with Crippen molar-refractivity contribution in [3.8, 4) is 0 Å². The van der Waals surface area contributed by atoms with Gasteiger partial charge in [0.25, 0.3) is 0 Å². The van der Waals surface area contributed by atoms with Gasteiger partial charge in [0.2, 0.25) is 0 Å². The minimum Gasteiger partial charge on any atom is -0.398 e. The molecule has 1 aliphatic rings. The summed E-state index contributed by atoms with van der Waals surface area (Å²) in [5.41, 5.74) is 8.90. The smallest absolute Gasteiger partial charge is 0.0656 e. The molecule has 3 rings (SSSR count). The van der Waals surface area contributed by atoms with E-state index in [-0.39, 0.29) is 0 Å². The zero-order valence-electron chi connectivity index (χ0n) is 9.09. The third-order valence-corrected chi connectivity index (χ3v) is 3.88. The molecule has 3 N–H and O–H groups in total. The van der Waals surface area contributed by atoms with Crippen molar-refractivity contribution in [2.24, 2.45) is 0 Å². The van der Waals surface area contributed by atoms with Gasteiger partial charge >= 0.3 is 0 Å². The molecular weight excluding hydrogens is 220 g/mol. The molecule has 1 aromatic carbocycles. The second kappa shape index (κ2) is 3.70. The SMILES string of the molecule is Nc1cc2cc(C3CCCC3)[nH]c2cc1Cl. The predicted octanol–water partition coefficient (Wildman–Crippen LogP) is 4.06. The quantitative estimate of drug-likeness (QED) is 0.718. The Morgan fingerprint density at radius 1 is 1.19 bits per heavy atom. The first-order chi connectivity index (χ1) is 7.74. The van der Waals surface area contributed by atoms with Gasteiger partial charge in [0.1, 0.15) is 0 Å². The van der Waals surface area contributed by atoms with Gasteiger partial charge in [0.05, 0.1) is 10.7 Å². The lowest BCUT2D eigenvalue weighted by Crippen LogP contribution is -1.90. The highest BCUT2D eigenvalue weighted by Crippen LogP contribution is 2.36. The van der Waals surface area contributed by atoms with Crippen LogP contribution in [0, 0.1) is 0 Å². The van der Waals surface area contributed by atoms with E-state index in [1.165, 1.54) is 36.8 Å². The summed E-state index contributed by atoms with van der Waals surface area (Å²) in [6.07, 6.45) is 5.30. The lowest BCUT2D eigenvalue weighted by molar-refractivity contribution is 0.705. The minimum absolute atomic E-state index is 0.632. The van der Waals surface area contributed by atoms with E-state index < -0.39 is 0 Å².